The molecule has 0 unspecified atom stereocenters. The van der Waals surface area contributed by atoms with Gasteiger partial charge >= 0.3 is 6.18 Å². The molecule has 1 N–H and O–H groups in total. The highest BCUT2D eigenvalue weighted by molar-refractivity contribution is 5.47. The molecule has 3 nitrogen and oxygen atoms in total. The van der Waals surface area contributed by atoms with Crippen LogP contribution in [0.2, 0.25) is 0 Å². The second-order valence-electron chi connectivity index (χ2n) is 4.08. The normalized spacial score (nSPS) is 11.7. The van der Waals surface area contributed by atoms with Gasteiger partial charge in [0.25, 0.3) is 0 Å². The van der Waals surface area contributed by atoms with Crippen LogP contribution in [-0.4, -0.2) is 33.5 Å². The Kier molecular flexibility index (Phi) is 6.74. The molecule has 0 aliphatic carbocycles. The highest BCUT2D eigenvalue weighted by Gasteiger charge is 2.34. The first-order chi connectivity index (χ1) is 9.45. The molecule has 1 aromatic carbocycles. The predicted octanol–water partition coefficient (Wildman–Crippen LogP) is 3.31. The zero-order valence-electron chi connectivity index (χ0n) is 11.1. The van der Waals surface area contributed by atoms with Crippen molar-refractivity contribution in [2.75, 3.05) is 38.8 Å². The maximum atomic E-state index is 13.0. The summed E-state index contributed by atoms with van der Waals surface area (Å²) in [6.45, 7) is 1.89. The number of ether oxygens (including phenoxy) is 2. The molecule has 0 saturated heterocycles. The smallest absolute Gasteiger partial charge is 0.385 e. The first kappa shape index (κ1) is 16.7. The molecular weight excluding hydrogens is 278 g/mol. The zero-order valence-corrected chi connectivity index (χ0v) is 11.1. The molecule has 0 amide bonds. The Morgan fingerprint density at radius 2 is 1.90 bits per heavy atom. The van der Waals surface area contributed by atoms with Crippen molar-refractivity contribution in [3.05, 3.63) is 29.6 Å². The molecular formula is C13H17F4NO2. The lowest BCUT2D eigenvalue weighted by atomic mass is 10.2. The number of anilines is 1. The van der Waals surface area contributed by atoms with E-state index in [0.717, 1.165) is 12.1 Å². The van der Waals surface area contributed by atoms with Gasteiger partial charge in [0.1, 0.15) is 5.82 Å². The first-order valence-electron chi connectivity index (χ1n) is 6.12. The third kappa shape index (κ3) is 5.75. The summed E-state index contributed by atoms with van der Waals surface area (Å²) in [5, 5.41) is 2.80. The maximum Gasteiger partial charge on any atom is 0.419 e. The highest BCUT2D eigenvalue weighted by Crippen LogP contribution is 2.32. The van der Waals surface area contributed by atoms with Crippen LogP contribution >= 0.6 is 0 Å². The third-order valence-electron chi connectivity index (χ3n) is 2.50. The lowest BCUT2D eigenvalue weighted by Crippen LogP contribution is -2.11. The fraction of sp³-hybridized carbons (Fsp3) is 0.538. The Balaban J connectivity index is 2.38. The summed E-state index contributed by atoms with van der Waals surface area (Å²) in [6, 6.07) is 2.84. The van der Waals surface area contributed by atoms with Gasteiger partial charge in [-0.25, -0.2) is 4.39 Å². The van der Waals surface area contributed by atoms with E-state index in [-0.39, 0.29) is 5.69 Å². The largest absolute Gasteiger partial charge is 0.419 e. The molecule has 0 bridgehead atoms. The lowest BCUT2D eigenvalue weighted by Gasteiger charge is -2.11. The fourth-order valence-electron chi connectivity index (χ4n) is 1.50. The Morgan fingerprint density at radius 3 is 2.55 bits per heavy atom. The number of methoxy groups -OCH3 is 1. The highest BCUT2D eigenvalue weighted by atomic mass is 19.4. The molecule has 0 radical (unpaired) electrons. The van der Waals surface area contributed by atoms with Gasteiger partial charge in [0.05, 0.1) is 18.8 Å². The zero-order chi connectivity index (χ0) is 15.0. The van der Waals surface area contributed by atoms with Gasteiger partial charge in [-0.1, -0.05) is 0 Å². The van der Waals surface area contributed by atoms with Gasteiger partial charge in [-0.15, -0.1) is 0 Å². The summed E-state index contributed by atoms with van der Waals surface area (Å²) in [7, 11) is 1.57. The van der Waals surface area contributed by atoms with E-state index in [9.17, 15) is 17.6 Å². The number of rotatable bonds is 8. The van der Waals surface area contributed by atoms with Gasteiger partial charge in [-0.2, -0.15) is 13.2 Å². The molecule has 0 heterocycles. The summed E-state index contributed by atoms with van der Waals surface area (Å²) in [5.41, 5.74) is -1.03. The standard InChI is InChI=1S/C13H17F4NO2/c1-19-7-8-20-6-2-5-18-10-3-4-12(14)11(9-10)13(15,16)17/h3-4,9,18H,2,5-8H2,1H3. The molecule has 7 heteroatoms. The van der Waals surface area contributed by atoms with Crippen LogP contribution in [-0.2, 0) is 15.7 Å². The van der Waals surface area contributed by atoms with Crippen molar-refractivity contribution in [1.82, 2.24) is 0 Å². The second-order valence-corrected chi connectivity index (χ2v) is 4.08. The summed E-state index contributed by atoms with van der Waals surface area (Å²) in [4.78, 5) is 0. The Bertz CT molecular complexity index is 410. The maximum absolute atomic E-state index is 13.0. The quantitative estimate of drug-likeness (QED) is 0.589. The average Bonchev–Trinajstić information content (AvgIpc) is 2.38. The summed E-state index contributed by atoms with van der Waals surface area (Å²) in [5.74, 6) is -1.27. The first-order valence-corrected chi connectivity index (χ1v) is 6.12. The molecule has 0 atom stereocenters. The topological polar surface area (TPSA) is 30.5 Å². The molecule has 0 fully saturated rings. The summed E-state index contributed by atoms with van der Waals surface area (Å²) < 4.78 is 60.5. The van der Waals surface area contributed by atoms with Gasteiger partial charge < -0.3 is 14.8 Å². The fourth-order valence-corrected chi connectivity index (χ4v) is 1.50. The van der Waals surface area contributed by atoms with Crippen LogP contribution in [0.15, 0.2) is 18.2 Å². The van der Waals surface area contributed by atoms with Crippen LogP contribution < -0.4 is 5.32 Å². The van der Waals surface area contributed by atoms with Crippen molar-refractivity contribution in [2.45, 2.75) is 12.6 Å². The number of benzene rings is 1. The second kappa shape index (κ2) is 8.06. The molecule has 1 rings (SSSR count). The van der Waals surface area contributed by atoms with Crippen molar-refractivity contribution < 1.29 is 27.0 Å². The molecule has 20 heavy (non-hydrogen) atoms. The minimum absolute atomic E-state index is 0.232. The van der Waals surface area contributed by atoms with E-state index in [1.54, 1.807) is 7.11 Å². The molecule has 0 saturated carbocycles. The van der Waals surface area contributed by atoms with Gasteiger partial charge in [-0.05, 0) is 24.6 Å². The molecule has 1 aromatic rings. The van der Waals surface area contributed by atoms with Crippen LogP contribution in [0, 0.1) is 5.82 Å². The molecule has 0 aromatic heterocycles. The van der Waals surface area contributed by atoms with Crippen molar-refractivity contribution in [1.29, 1.82) is 0 Å². The SMILES string of the molecule is COCCOCCCNc1ccc(F)c(C(F)(F)F)c1. The summed E-state index contributed by atoms with van der Waals surface area (Å²) >= 11 is 0. The van der Waals surface area contributed by atoms with Crippen LogP contribution in [0.3, 0.4) is 0 Å². The molecule has 114 valence electrons. The van der Waals surface area contributed by atoms with Crippen molar-refractivity contribution in [2.24, 2.45) is 0 Å². The van der Waals surface area contributed by atoms with Crippen LogP contribution in [0.25, 0.3) is 0 Å². The van der Waals surface area contributed by atoms with E-state index in [0.29, 0.717) is 32.8 Å². The van der Waals surface area contributed by atoms with E-state index < -0.39 is 17.6 Å². The number of nitrogens with one attached hydrogen (secondary N) is 1. The molecule has 0 spiro atoms. The van der Waals surface area contributed by atoms with Crippen LogP contribution in [0.4, 0.5) is 23.2 Å². The van der Waals surface area contributed by atoms with Crippen LogP contribution in [0.5, 0.6) is 0 Å². The van der Waals surface area contributed by atoms with Crippen molar-refractivity contribution in [3.8, 4) is 0 Å². The number of alkyl halides is 3. The number of hydrogen-bond acceptors (Lipinski definition) is 3. The van der Waals surface area contributed by atoms with Gasteiger partial charge in [0, 0.05) is 25.9 Å². The van der Waals surface area contributed by atoms with Crippen molar-refractivity contribution >= 4 is 5.69 Å². The minimum atomic E-state index is -4.69. The molecule has 0 aliphatic heterocycles. The van der Waals surface area contributed by atoms with E-state index in [1.165, 1.54) is 6.07 Å². The van der Waals surface area contributed by atoms with E-state index in [2.05, 4.69) is 5.32 Å². The predicted molar refractivity (Wildman–Crippen MR) is 67.2 cm³/mol. The van der Waals surface area contributed by atoms with E-state index >= 15 is 0 Å². The Morgan fingerprint density at radius 1 is 1.15 bits per heavy atom. The van der Waals surface area contributed by atoms with Crippen LogP contribution in [0.1, 0.15) is 12.0 Å². The third-order valence-corrected chi connectivity index (χ3v) is 2.50. The Hall–Kier alpha value is -1.34. The van der Waals surface area contributed by atoms with E-state index in [4.69, 9.17) is 9.47 Å². The van der Waals surface area contributed by atoms with Gasteiger partial charge in [0.15, 0.2) is 0 Å². The van der Waals surface area contributed by atoms with Crippen molar-refractivity contribution in [3.63, 3.8) is 0 Å². The van der Waals surface area contributed by atoms with E-state index in [1.807, 2.05) is 0 Å². The minimum Gasteiger partial charge on any atom is -0.385 e. The monoisotopic (exact) mass is 295 g/mol. The van der Waals surface area contributed by atoms with Gasteiger partial charge in [0.2, 0.25) is 0 Å². The average molecular weight is 295 g/mol. The number of hydrogen-bond donors (Lipinski definition) is 1. The number of halogens is 4. The van der Waals surface area contributed by atoms with Gasteiger partial charge in [-0.3, -0.25) is 0 Å². The molecule has 0 aliphatic rings. The Labute approximate surface area is 114 Å². The summed E-state index contributed by atoms with van der Waals surface area (Å²) in [6.07, 6.45) is -4.06. The lowest BCUT2D eigenvalue weighted by molar-refractivity contribution is -0.139.